The van der Waals surface area contributed by atoms with Crippen molar-refractivity contribution in [1.29, 1.82) is 0 Å². The molecule has 1 aliphatic rings. The van der Waals surface area contributed by atoms with Gasteiger partial charge in [0.15, 0.2) is 5.84 Å². The molecule has 0 aromatic heterocycles. The minimum atomic E-state index is -4.79. The van der Waals surface area contributed by atoms with E-state index in [4.69, 9.17) is 11.6 Å². The molecule has 0 radical (unpaired) electrons. The number of aliphatic imine (C=N–C) groups is 2. The molecule has 3 aromatic carbocycles. The number of rotatable bonds is 5. The van der Waals surface area contributed by atoms with Crippen molar-refractivity contribution in [3.63, 3.8) is 0 Å². The number of hydrogen-bond acceptors (Lipinski definition) is 6. The van der Waals surface area contributed by atoms with Crippen LogP contribution in [0.25, 0.3) is 0 Å². The number of nitrogens with one attached hydrogen (secondary N) is 1. The summed E-state index contributed by atoms with van der Waals surface area (Å²) in [5, 5.41) is 4.56. The van der Waals surface area contributed by atoms with Crippen LogP contribution in [0.1, 0.15) is 11.1 Å². The molecule has 0 atom stereocenters. The summed E-state index contributed by atoms with van der Waals surface area (Å²) in [5.74, 6) is -2.08. The SMILES string of the molecule is Fc1cccc(F)c1C1=NCN(c2ccc(Cl)cc2)C(NN=Cc2ccc(OC(F)(F)F)cc2)=N1. The Morgan fingerprint density at radius 2 is 1.63 bits per heavy atom. The summed E-state index contributed by atoms with van der Waals surface area (Å²) in [6, 6.07) is 15.1. The first-order valence-electron chi connectivity index (χ1n) is 9.95. The van der Waals surface area contributed by atoms with Gasteiger partial charge in [-0.05, 0) is 66.2 Å². The third-order valence-corrected chi connectivity index (χ3v) is 4.90. The number of guanidine groups is 1. The van der Waals surface area contributed by atoms with Gasteiger partial charge in [0.2, 0.25) is 5.96 Å². The van der Waals surface area contributed by atoms with Crippen LogP contribution in [0.3, 0.4) is 0 Å². The molecule has 0 saturated heterocycles. The van der Waals surface area contributed by atoms with E-state index in [0.29, 0.717) is 16.3 Å². The molecule has 4 rings (SSSR count). The van der Waals surface area contributed by atoms with E-state index in [1.807, 2.05) is 0 Å². The third-order valence-electron chi connectivity index (χ3n) is 4.65. The van der Waals surface area contributed by atoms with Crippen LogP contribution in [0.15, 0.2) is 81.8 Å². The molecular formula is C23H15ClF5N5O. The first-order chi connectivity index (χ1) is 16.7. The maximum absolute atomic E-state index is 14.3. The molecule has 12 heteroatoms. The molecule has 1 aliphatic heterocycles. The number of hydrazone groups is 1. The van der Waals surface area contributed by atoms with E-state index >= 15 is 0 Å². The molecule has 3 aromatic rings. The van der Waals surface area contributed by atoms with Crippen LogP contribution >= 0.6 is 11.6 Å². The van der Waals surface area contributed by atoms with E-state index in [1.54, 1.807) is 29.2 Å². The second kappa shape index (κ2) is 10.1. The predicted molar refractivity (Wildman–Crippen MR) is 123 cm³/mol. The summed E-state index contributed by atoms with van der Waals surface area (Å²) in [5.41, 5.74) is 3.40. The average molecular weight is 508 g/mol. The van der Waals surface area contributed by atoms with Gasteiger partial charge >= 0.3 is 6.36 Å². The summed E-state index contributed by atoms with van der Waals surface area (Å²) >= 11 is 5.95. The molecule has 1 N–H and O–H groups in total. The number of amidine groups is 1. The maximum atomic E-state index is 14.3. The summed E-state index contributed by atoms with van der Waals surface area (Å²) in [7, 11) is 0. The first kappa shape index (κ1) is 24.1. The number of halogens is 6. The van der Waals surface area contributed by atoms with Crippen molar-refractivity contribution in [2.75, 3.05) is 11.6 Å². The molecule has 0 bridgehead atoms. The van der Waals surface area contributed by atoms with Gasteiger partial charge in [0.25, 0.3) is 0 Å². The van der Waals surface area contributed by atoms with Gasteiger partial charge in [-0.3, -0.25) is 4.90 Å². The number of nitrogens with zero attached hydrogens (tertiary/aromatic N) is 4. The quantitative estimate of drug-likeness (QED) is 0.273. The van der Waals surface area contributed by atoms with Crippen LogP contribution in [0.5, 0.6) is 5.75 Å². The first-order valence-corrected chi connectivity index (χ1v) is 10.3. The molecule has 35 heavy (non-hydrogen) atoms. The van der Waals surface area contributed by atoms with Crippen molar-refractivity contribution in [2.45, 2.75) is 6.36 Å². The lowest BCUT2D eigenvalue weighted by molar-refractivity contribution is -0.274. The Kier molecular flexibility index (Phi) is 6.97. The van der Waals surface area contributed by atoms with E-state index in [9.17, 15) is 22.0 Å². The van der Waals surface area contributed by atoms with E-state index in [0.717, 1.165) is 24.3 Å². The molecular weight excluding hydrogens is 493 g/mol. The van der Waals surface area contributed by atoms with Gasteiger partial charge < -0.3 is 4.74 Å². The zero-order valence-electron chi connectivity index (χ0n) is 17.6. The standard InChI is InChI=1S/C23H15ClF5N5O/c24-15-6-8-16(9-7-15)34-13-30-21(20-18(25)2-1-3-19(20)26)32-22(34)33-31-12-14-4-10-17(11-5-14)35-23(27,28)29/h1-12H,13H2,(H,30,32,33). The fourth-order valence-electron chi connectivity index (χ4n) is 3.08. The largest absolute Gasteiger partial charge is 0.573 e. The second-order valence-electron chi connectivity index (χ2n) is 7.05. The van der Waals surface area contributed by atoms with Crippen LogP contribution in [-0.4, -0.2) is 31.0 Å². The Labute approximate surface area is 201 Å². The van der Waals surface area contributed by atoms with Crippen molar-refractivity contribution in [2.24, 2.45) is 15.1 Å². The van der Waals surface area contributed by atoms with E-state index in [2.05, 4.69) is 25.2 Å². The third kappa shape index (κ3) is 6.12. The summed E-state index contributed by atoms with van der Waals surface area (Å²) in [6.07, 6.45) is -3.46. The van der Waals surface area contributed by atoms with Gasteiger partial charge in [0.1, 0.15) is 24.1 Å². The summed E-state index contributed by atoms with van der Waals surface area (Å²) in [6.45, 7) is -0.0322. The lowest BCUT2D eigenvalue weighted by Gasteiger charge is -2.27. The zero-order chi connectivity index (χ0) is 25.0. The summed E-state index contributed by atoms with van der Waals surface area (Å²) < 4.78 is 69.3. The van der Waals surface area contributed by atoms with Crippen molar-refractivity contribution in [3.05, 3.63) is 94.5 Å². The monoisotopic (exact) mass is 507 g/mol. The van der Waals surface area contributed by atoms with Crippen LogP contribution in [0.2, 0.25) is 5.02 Å². The molecule has 0 amide bonds. The molecule has 0 spiro atoms. The number of hydrogen-bond donors (Lipinski definition) is 1. The fourth-order valence-corrected chi connectivity index (χ4v) is 3.20. The number of anilines is 1. The Bertz CT molecular complexity index is 1270. The van der Waals surface area contributed by atoms with Gasteiger partial charge in [-0.25, -0.2) is 19.2 Å². The predicted octanol–water partition coefficient (Wildman–Crippen LogP) is 5.72. The second-order valence-corrected chi connectivity index (χ2v) is 7.48. The zero-order valence-corrected chi connectivity index (χ0v) is 18.4. The molecule has 0 fully saturated rings. The molecule has 180 valence electrons. The molecule has 0 aliphatic carbocycles. The van der Waals surface area contributed by atoms with Gasteiger partial charge in [0.05, 0.1) is 11.8 Å². The Morgan fingerprint density at radius 1 is 0.971 bits per heavy atom. The van der Waals surface area contributed by atoms with Crippen LogP contribution in [-0.2, 0) is 0 Å². The average Bonchev–Trinajstić information content (AvgIpc) is 2.80. The normalized spacial score (nSPS) is 14.1. The van der Waals surface area contributed by atoms with Crippen molar-refractivity contribution in [1.82, 2.24) is 5.43 Å². The molecule has 1 heterocycles. The fraction of sp³-hybridized carbons (Fsp3) is 0.0870. The van der Waals surface area contributed by atoms with Crippen molar-refractivity contribution >= 4 is 35.3 Å². The number of ether oxygens (including phenoxy) is 1. The number of benzene rings is 3. The van der Waals surface area contributed by atoms with E-state index in [-0.39, 0.29) is 29.8 Å². The highest BCUT2D eigenvalue weighted by Crippen LogP contribution is 2.23. The number of alkyl halides is 3. The highest BCUT2D eigenvalue weighted by atomic mass is 35.5. The highest BCUT2D eigenvalue weighted by molar-refractivity contribution is 6.30. The Morgan fingerprint density at radius 3 is 2.26 bits per heavy atom. The topological polar surface area (TPSA) is 61.6 Å². The lowest BCUT2D eigenvalue weighted by Crippen LogP contribution is -2.43. The maximum Gasteiger partial charge on any atom is 0.573 e. The van der Waals surface area contributed by atoms with Crippen molar-refractivity contribution < 1.29 is 26.7 Å². The van der Waals surface area contributed by atoms with E-state index in [1.165, 1.54) is 24.4 Å². The minimum absolute atomic E-state index is 0.0322. The van der Waals surface area contributed by atoms with Crippen LogP contribution in [0.4, 0.5) is 27.6 Å². The Hall–Kier alpha value is -3.99. The lowest BCUT2D eigenvalue weighted by atomic mass is 10.1. The molecule has 0 saturated carbocycles. The van der Waals surface area contributed by atoms with Gasteiger partial charge in [-0.2, -0.15) is 10.1 Å². The highest BCUT2D eigenvalue weighted by Gasteiger charge is 2.31. The van der Waals surface area contributed by atoms with Crippen molar-refractivity contribution in [3.8, 4) is 5.75 Å². The minimum Gasteiger partial charge on any atom is -0.406 e. The summed E-state index contributed by atoms with van der Waals surface area (Å²) in [4.78, 5) is 10.0. The van der Waals surface area contributed by atoms with Crippen LogP contribution < -0.4 is 15.1 Å². The molecule has 0 unspecified atom stereocenters. The molecule has 6 nitrogen and oxygen atoms in total. The van der Waals surface area contributed by atoms with Crippen LogP contribution in [0, 0.1) is 11.6 Å². The van der Waals surface area contributed by atoms with Gasteiger partial charge in [-0.1, -0.05) is 17.7 Å². The van der Waals surface area contributed by atoms with E-state index < -0.39 is 18.0 Å². The smallest absolute Gasteiger partial charge is 0.406 e. The Balaban J connectivity index is 1.59. The van der Waals surface area contributed by atoms with Gasteiger partial charge in [0, 0.05) is 10.7 Å². The van der Waals surface area contributed by atoms with Gasteiger partial charge in [-0.15, -0.1) is 13.2 Å².